The van der Waals surface area contributed by atoms with Gasteiger partial charge in [0.05, 0.1) is 12.7 Å². The van der Waals surface area contributed by atoms with Crippen LogP contribution in [0.2, 0.25) is 0 Å². The minimum absolute atomic E-state index is 0.598. The third-order valence-corrected chi connectivity index (χ3v) is 3.47. The first-order valence-corrected chi connectivity index (χ1v) is 6.79. The number of benzene rings is 1. The minimum Gasteiger partial charge on any atom is -0.495 e. The molecule has 0 saturated carbocycles. The van der Waals surface area contributed by atoms with Gasteiger partial charge in [-0.05, 0) is 49.9 Å². The van der Waals surface area contributed by atoms with Gasteiger partial charge in [0.1, 0.15) is 11.8 Å². The lowest BCUT2D eigenvalue weighted by Gasteiger charge is -2.08. The molecule has 0 aliphatic heterocycles. The molecule has 0 amide bonds. The summed E-state index contributed by atoms with van der Waals surface area (Å²) in [6.07, 6.45) is 7.34. The van der Waals surface area contributed by atoms with Crippen molar-refractivity contribution in [1.82, 2.24) is 5.32 Å². The third-order valence-electron chi connectivity index (χ3n) is 3.47. The van der Waals surface area contributed by atoms with Crippen molar-refractivity contribution in [2.75, 3.05) is 13.7 Å². The predicted molar refractivity (Wildman–Crippen MR) is 76.0 cm³/mol. The standard InChI is InChI=1S/C16H20N2O/c1-19-16-7-6-14(10-15(16)11-17)12-18-9-8-13-4-2-3-5-13/h4,6-7,10,18H,2-3,5,8-9,12H2,1H3. The van der Waals surface area contributed by atoms with E-state index in [9.17, 15) is 0 Å². The van der Waals surface area contributed by atoms with Gasteiger partial charge in [-0.3, -0.25) is 0 Å². The molecule has 0 unspecified atom stereocenters. The Labute approximate surface area is 114 Å². The van der Waals surface area contributed by atoms with Gasteiger partial charge in [0.15, 0.2) is 0 Å². The number of hydrogen-bond acceptors (Lipinski definition) is 3. The van der Waals surface area contributed by atoms with Crippen molar-refractivity contribution in [1.29, 1.82) is 5.26 Å². The number of nitrogens with zero attached hydrogens (tertiary/aromatic N) is 1. The summed E-state index contributed by atoms with van der Waals surface area (Å²) in [5.41, 5.74) is 3.30. The second-order valence-electron chi connectivity index (χ2n) is 4.83. The zero-order valence-corrected chi connectivity index (χ0v) is 11.4. The Balaban J connectivity index is 1.81. The maximum Gasteiger partial charge on any atom is 0.136 e. The van der Waals surface area contributed by atoms with Crippen molar-refractivity contribution in [3.8, 4) is 11.8 Å². The Morgan fingerprint density at radius 3 is 3.00 bits per heavy atom. The van der Waals surface area contributed by atoms with Crippen molar-refractivity contribution in [3.05, 3.63) is 41.0 Å². The Bertz CT molecular complexity index is 500. The average Bonchev–Trinajstić information content (AvgIpc) is 2.96. The second kappa shape index (κ2) is 6.96. The lowest BCUT2D eigenvalue weighted by atomic mass is 10.1. The summed E-state index contributed by atoms with van der Waals surface area (Å²) in [4.78, 5) is 0. The molecule has 0 bridgehead atoms. The molecule has 0 heterocycles. The van der Waals surface area contributed by atoms with Crippen LogP contribution in [-0.4, -0.2) is 13.7 Å². The molecule has 3 heteroatoms. The number of methoxy groups -OCH3 is 1. The molecular weight excluding hydrogens is 236 g/mol. The lowest BCUT2D eigenvalue weighted by Crippen LogP contribution is -2.15. The quantitative estimate of drug-likeness (QED) is 0.628. The fraction of sp³-hybridized carbons (Fsp3) is 0.438. The van der Waals surface area contributed by atoms with Crippen LogP contribution < -0.4 is 10.1 Å². The van der Waals surface area contributed by atoms with Gasteiger partial charge in [-0.15, -0.1) is 0 Å². The van der Waals surface area contributed by atoms with Crippen LogP contribution in [0.3, 0.4) is 0 Å². The summed E-state index contributed by atoms with van der Waals surface area (Å²) in [5, 5.41) is 12.5. The van der Waals surface area contributed by atoms with E-state index in [4.69, 9.17) is 10.00 Å². The largest absolute Gasteiger partial charge is 0.495 e. The molecule has 1 aliphatic rings. The SMILES string of the molecule is COc1ccc(CNCCC2=CCCC2)cc1C#N. The van der Waals surface area contributed by atoms with Gasteiger partial charge in [0, 0.05) is 6.54 Å². The van der Waals surface area contributed by atoms with Crippen molar-refractivity contribution < 1.29 is 4.74 Å². The first kappa shape index (κ1) is 13.6. The number of allylic oxidation sites excluding steroid dienone is 1. The third kappa shape index (κ3) is 3.84. The number of rotatable bonds is 6. The van der Waals surface area contributed by atoms with E-state index in [0.29, 0.717) is 11.3 Å². The summed E-state index contributed by atoms with van der Waals surface area (Å²) in [6, 6.07) is 7.91. The lowest BCUT2D eigenvalue weighted by molar-refractivity contribution is 0.413. The highest BCUT2D eigenvalue weighted by molar-refractivity contribution is 5.45. The second-order valence-corrected chi connectivity index (χ2v) is 4.83. The molecule has 0 radical (unpaired) electrons. The first-order valence-electron chi connectivity index (χ1n) is 6.79. The van der Waals surface area contributed by atoms with Crippen molar-refractivity contribution in [2.24, 2.45) is 0 Å². The Kier molecular flexibility index (Phi) is 5.00. The first-order chi connectivity index (χ1) is 9.33. The molecule has 2 rings (SSSR count). The van der Waals surface area contributed by atoms with E-state index in [1.807, 2.05) is 18.2 Å². The van der Waals surface area contributed by atoms with E-state index in [1.165, 1.54) is 19.3 Å². The van der Waals surface area contributed by atoms with E-state index in [1.54, 1.807) is 12.7 Å². The molecule has 19 heavy (non-hydrogen) atoms. The maximum absolute atomic E-state index is 9.03. The molecule has 0 spiro atoms. The minimum atomic E-state index is 0.598. The Morgan fingerprint density at radius 2 is 2.32 bits per heavy atom. The molecule has 1 N–H and O–H groups in total. The molecule has 0 aromatic heterocycles. The van der Waals surface area contributed by atoms with Crippen LogP contribution in [0.25, 0.3) is 0 Å². The van der Waals surface area contributed by atoms with Crippen LogP contribution in [0.4, 0.5) is 0 Å². The van der Waals surface area contributed by atoms with Gasteiger partial charge < -0.3 is 10.1 Å². The fourth-order valence-electron chi connectivity index (χ4n) is 2.40. The van der Waals surface area contributed by atoms with E-state index >= 15 is 0 Å². The highest BCUT2D eigenvalue weighted by Crippen LogP contribution is 2.20. The van der Waals surface area contributed by atoms with E-state index in [2.05, 4.69) is 17.5 Å². The van der Waals surface area contributed by atoms with Gasteiger partial charge in [-0.25, -0.2) is 0 Å². The maximum atomic E-state index is 9.03. The smallest absolute Gasteiger partial charge is 0.136 e. The van der Waals surface area contributed by atoms with Crippen LogP contribution >= 0.6 is 0 Å². The van der Waals surface area contributed by atoms with Crippen molar-refractivity contribution >= 4 is 0 Å². The molecule has 1 aliphatic carbocycles. The van der Waals surface area contributed by atoms with Gasteiger partial charge >= 0.3 is 0 Å². The zero-order valence-electron chi connectivity index (χ0n) is 11.4. The highest BCUT2D eigenvalue weighted by Gasteiger charge is 2.05. The van der Waals surface area contributed by atoms with Gasteiger partial charge in [0.2, 0.25) is 0 Å². The fourth-order valence-corrected chi connectivity index (χ4v) is 2.40. The predicted octanol–water partition coefficient (Wildman–Crippen LogP) is 3.16. The normalized spacial score (nSPS) is 14.0. The molecule has 1 aromatic carbocycles. The van der Waals surface area contributed by atoms with Crippen molar-refractivity contribution in [2.45, 2.75) is 32.2 Å². The molecule has 0 saturated heterocycles. The zero-order chi connectivity index (χ0) is 13.5. The number of ether oxygens (including phenoxy) is 1. The topological polar surface area (TPSA) is 45.0 Å². The van der Waals surface area contributed by atoms with Crippen LogP contribution in [0, 0.1) is 11.3 Å². The molecule has 0 atom stereocenters. The molecule has 0 fully saturated rings. The van der Waals surface area contributed by atoms with Crippen LogP contribution in [0.5, 0.6) is 5.75 Å². The number of nitrogens with one attached hydrogen (secondary N) is 1. The van der Waals surface area contributed by atoms with Gasteiger partial charge in [-0.1, -0.05) is 17.7 Å². The summed E-state index contributed by atoms with van der Waals surface area (Å²) < 4.78 is 5.13. The summed E-state index contributed by atoms with van der Waals surface area (Å²) >= 11 is 0. The summed E-state index contributed by atoms with van der Waals surface area (Å²) in [7, 11) is 1.59. The monoisotopic (exact) mass is 256 g/mol. The molecule has 3 nitrogen and oxygen atoms in total. The van der Waals surface area contributed by atoms with Crippen molar-refractivity contribution in [3.63, 3.8) is 0 Å². The Morgan fingerprint density at radius 1 is 1.42 bits per heavy atom. The number of hydrogen-bond donors (Lipinski definition) is 1. The van der Waals surface area contributed by atoms with E-state index in [-0.39, 0.29) is 0 Å². The molecule has 100 valence electrons. The van der Waals surface area contributed by atoms with Crippen LogP contribution in [0.1, 0.15) is 36.8 Å². The van der Waals surface area contributed by atoms with Gasteiger partial charge in [0.25, 0.3) is 0 Å². The summed E-state index contributed by atoms with van der Waals surface area (Å²) in [6.45, 7) is 1.80. The molecular formula is C16H20N2O. The highest BCUT2D eigenvalue weighted by atomic mass is 16.5. The van der Waals surface area contributed by atoms with E-state index in [0.717, 1.165) is 25.1 Å². The molecule has 1 aromatic rings. The van der Waals surface area contributed by atoms with Crippen LogP contribution in [0.15, 0.2) is 29.8 Å². The Hall–Kier alpha value is -1.79. The summed E-state index contributed by atoms with van der Waals surface area (Å²) in [5.74, 6) is 0.641. The number of nitriles is 1. The van der Waals surface area contributed by atoms with Crippen LogP contribution in [-0.2, 0) is 6.54 Å². The van der Waals surface area contributed by atoms with Gasteiger partial charge in [-0.2, -0.15) is 5.26 Å². The van der Waals surface area contributed by atoms with E-state index < -0.39 is 0 Å². The average molecular weight is 256 g/mol.